The summed E-state index contributed by atoms with van der Waals surface area (Å²) >= 11 is 0. The molecular formula is C14H17NO2. The second-order valence-corrected chi connectivity index (χ2v) is 3.94. The Morgan fingerprint density at radius 1 is 1.35 bits per heavy atom. The van der Waals surface area contributed by atoms with Gasteiger partial charge in [0.05, 0.1) is 0 Å². The van der Waals surface area contributed by atoms with Crippen LogP contribution >= 0.6 is 0 Å². The van der Waals surface area contributed by atoms with E-state index in [1.807, 2.05) is 25.1 Å². The number of nitrogens with two attached hydrogens (primary N) is 1. The highest BCUT2D eigenvalue weighted by Gasteiger charge is 2.19. The summed E-state index contributed by atoms with van der Waals surface area (Å²) in [7, 11) is 0. The van der Waals surface area contributed by atoms with Gasteiger partial charge < -0.3 is 15.2 Å². The Kier molecular flexibility index (Phi) is 3.89. The summed E-state index contributed by atoms with van der Waals surface area (Å²) in [5, 5.41) is 0. The van der Waals surface area contributed by atoms with E-state index in [9.17, 15) is 0 Å². The van der Waals surface area contributed by atoms with Crippen LogP contribution in [0.5, 0.6) is 11.5 Å². The third-order valence-electron chi connectivity index (χ3n) is 2.75. The largest absolute Gasteiger partial charge is 0.486 e. The number of hydrogen-bond acceptors (Lipinski definition) is 3. The molecule has 17 heavy (non-hydrogen) atoms. The van der Waals surface area contributed by atoms with Crippen LogP contribution in [0.25, 0.3) is 0 Å². The normalized spacial score (nSPS) is 14.7. The molecule has 2 rings (SSSR count). The maximum absolute atomic E-state index is 6.16. The fraction of sp³-hybridized carbons (Fsp3) is 0.429. The first-order valence-electron chi connectivity index (χ1n) is 5.86. The van der Waals surface area contributed by atoms with Crippen molar-refractivity contribution in [2.24, 2.45) is 5.73 Å². The number of benzene rings is 1. The Bertz CT molecular complexity index is 445. The summed E-state index contributed by atoms with van der Waals surface area (Å²) in [5.74, 6) is 7.50. The number of fused-ring (bicyclic) bond motifs is 1. The molecular weight excluding hydrogens is 214 g/mol. The van der Waals surface area contributed by atoms with Crippen molar-refractivity contribution in [3.63, 3.8) is 0 Å². The van der Waals surface area contributed by atoms with Gasteiger partial charge in [-0.05, 0) is 19.4 Å². The van der Waals surface area contributed by atoms with E-state index < -0.39 is 0 Å². The second-order valence-electron chi connectivity index (χ2n) is 3.94. The lowest BCUT2D eigenvalue weighted by Gasteiger charge is -2.23. The molecule has 0 aromatic heterocycles. The van der Waals surface area contributed by atoms with E-state index in [0.717, 1.165) is 29.9 Å². The average molecular weight is 231 g/mol. The molecule has 0 radical (unpaired) electrons. The second kappa shape index (κ2) is 5.60. The first-order chi connectivity index (χ1) is 8.33. The molecule has 0 amide bonds. The number of para-hydroxylation sites is 1. The third kappa shape index (κ3) is 2.72. The van der Waals surface area contributed by atoms with Crippen LogP contribution in [0.3, 0.4) is 0 Å². The number of rotatable bonds is 3. The first kappa shape index (κ1) is 11.8. The van der Waals surface area contributed by atoms with Crippen molar-refractivity contribution in [2.75, 3.05) is 13.2 Å². The van der Waals surface area contributed by atoms with Crippen LogP contribution in [0.15, 0.2) is 18.2 Å². The van der Waals surface area contributed by atoms with Gasteiger partial charge in [-0.2, -0.15) is 0 Å². The van der Waals surface area contributed by atoms with E-state index in [1.165, 1.54) is 0 Å². The fourth-order valence-corrected chi connectivity index (χ4v) is 1.90. The van der Waals surface area contributed by atoms with Gasteiger partial charge in [0.2, 0.25) is 0 Å². The molecule has 3 heteroatoms. The SMILES string of the molecule is CC#CCCC(N)c1cccc2c1OCCO2. The summed E-state index contributed by atoms with van der Waals surface area (Å²) in [5.41, 5.74) is 7.17. The molecule has 1 aromatic carbocycles. The molecule has 1 atom stereocenters. The van der Waals surface area contributed by atoms with Gasteiger partial charge in [0.1, 0.15) is 13.2 Å². The molecule has 1 aliphatic heterocycles. The maximum Gasteiger partial charge on any atom is 0.166 e. The predicted molar refractivity (Wildman–Crippen MR) is 67.0 cm³/mol. The van der Waals surface area contributed by atoms with Crippen LogP contribution in [0.1, 0.15) is 31.4 Å². The van der Waals surface area contributed by atoms with Gasteiger partial charge in [-0.3, -0.25) is 0 Å². The highest BCUT2D eigenvalue weighted by atomic mass is 16.6. The standard InChI is InChI=1S/C14H17NO2/c1-2-3-4-7-12(15)11-6-5-8-13-14(11)17-10-9-16-13/h5-6,8,12H,4,7,9-10,15H2,1H3. The van der Waals surface area contributed by atoms with E-state index in [2.05, 4.69) is 11.8 Å². The first-order valence-corrected chi connectivity index (χ1v) is 5.86. The molecule has 0 saturated heterocycles. The Labute approximate surface area is 102 Å². The van der Waals surface area contributed by atoms with Crippen molar-refractivity contribution in [1.29, 1.82) is 0 Å². The third-order valence-corrected chi connectivity index (χ3v) is 2.75. The Balaban J connectivity index is 2.16. The molecule has 0 aliphatic carbocycles. The van der Waals surface area contributed by atoms with E-state index in [4.69, 9.17) is 15.2 Å². The summed E-state index contributed by atoms with van der Waals surface area (Å²) in [6.45, 7) is 3.03. The highest BCUT2D eigenvalue weighted by molar-refractivity contribution is 5.48. The van der Waals surface area contributed by atoms with Gasteiger partial charge in [0, 0.05) is 18.0 Å². The molecule has 0 saturated carbocycles. The summed E-state index contributed by atoms with van der Waals surface area (Å²) < 4.78 is 11.2. The van der Waals surface area contributed by atoms with Crippen LogP contribution in [0, 0.1) is 11.8 Å². The van der Waals surface area contributed by atoms with Gasteiger partial charge in [0.25, 0.3) is 0 Å². The maximum atomic E-state index is 6.16. The zero-order chi connectivity index (χ0) is 12.1. The lowest BCUT2D eigenvalue weighted by molar-refractivity contribution is 0.169. The Hall–Kier alpha value is -1.66. The van der Waals surface area contributed by atoms with Crippen molar-refractivity contribution in [1.82, 2.24) is 0 Å². The van der Waals surface area contributed by atoms with Crippen LogP contribution in [-0.2, 0) is 0 Å². The number of ether oxygens (including phenoxy) is 2. The molecule has 0 fully saturated rings. The van der Waals surface area contributed by atoms with Crippen LogP contribution in [0.4, 0.5) is 0 Å². The summed E-state index contributed by atoms with van der Waals surface area (Å²) in [6, 6.07) is 5.81. The van der Waals surface area contributed by atoms with Crippen molar-refractivity contribution >= 4 is 0 Å². The monoisotopic (exact) mass is 231 g/mol. The molecule has 2 N–H and O–H groups in total. The fourth-order valence-electron chi connectivity index (χ4n) is 1.90. The van der Waals surface area contributed by atoms with Crippen molar-refractivity contribution in [2.45, 2.75) is 25.8 Å². The van der Waals surface area contributed by atoms with Crippen molar-refractivity contribution in [3.05, 3.63) is 23.8 Å². The van der Waals surface area contributed by atoms with Gasteiger partial charge in [-0.15, -0.1) is 11.8 Å². The predicted octanol–water partition coefficient (Wildman–Crippen LogP) is 2.26. The van der Waals surface area contributed by atoms with Gasteiger partial charge in [0.15, 0.2) is 11.5 Å². The van der Waals surface area contributed by atoms with E-state index in [-0.39, 0.29) is 6.04 Å². The molecule has 1 unspecified atom stereocenters. The van der Waals surface area contributed by atoms with Crippen LogP contribution in [-0.4, -0.2) is 13.2 Å². The Morgan fingerprint density at radius 3 is 3.00 bits per heavy atom. The van der Waals surface area contributed by atoms with E-state index in [1.54, 1.807) is 0 Å². The highest BCUT2D eigenvalue weighted by Crippen LogP contribution is 2.37. The Morgan fingerprint density at radius 2 is 2.18 bits per heavy atom. The summed E-state index contributed by atoms with van der Waals surface area (Å²) in [6.07, 6.45) is 1.64. The zero-order valence-corrected chi connectivity index (χ0v) is 10.0. The number of hydrogen-bond donors (Lipinski definition) is 1. The van der Waals surface area contributed by atoms with E-state index >= 15 is 0 Å². The minimum Gasteiger partial charge on any atom is -0.486 e. The molecule has 0 bridgehead atoms. The topological polar surface area (TPSA) is 44.5 Å². The smallest absolute Gasteiger partial charge is 0.166 e. The van der Waals surface area contributed by atoms with Gasteiger partial charge in [-0.25, -0.2) is 0 Å². The van der Waals surface area contributed by atoms with Crippen molar-refractivity contribution in [3.8, 4) is 23.3 Å². The minimum absolute atomic E-state index is 0.0486. The quantitative estimate of drug-likeness (QED) is 0.811. The van der Waals surface area contributed by atoms with Gasteiger partial charge >= 0.3 is 0 Å². The zero-order valence-electron chi connectivity index (χ0n) is 10.0. The van der Waals surface area contributed by atoms with Gasteiger partial charge in [-0.1, -0.05) is 12.1 Å². The molecule has 1 heterocycles. The van der Waals surface area contributed by atoms with E-state index in [0.29, 0.717) is 13.2 Å². The molecule has 1 aliphatic rings. The lowest BCUT2D eigenvalue weighted by Crippen LogP contribution is -2.19. The average Bonchev–Trinajstić information content (AvgIpc) is 2.38. The van der Waals surface area contributed by atoms with Crippen LogP contribution < -0.4 is 15.2 Å². The van der Waals surface area contributed by atoms with Crippen LogP contribution in [0.2, 0.25) is 0 Å². The summed E-state index contributed by atoms with van der Waals surface area (Å²) in [4.78, 5) is 0. The van der Waals surface area contributed by atoms with Crippen molar-refractivity contribution < 1.29 is 9.47 Å². The molecule has 0 spiro atoms. The molecule has 1 aromatic rings. The molecule has 3 nitrogen and oxygen atoms in total. The lowest BCUT2D eigenvalue weighted by atomic mass is 10.0. The molecule has 90 valence electrons. The minimum atomic E-state index is -0.0486.